The van der Waals surface area contributed by atoms with Gasteiger partial charge in [-0.2, -0.15) is 0 Å². The highest BCUT2D eigenvalue weighted by Crippen LogP contribution is 2.17. The summed E-state index contributed by atoms with van der Waals surface area (Å²) in [4.78, 5) is 2.28. The van der Waals surface area contributed by atoms with E-state index in [1.807, 2.05) is 0 Å². The highest BCUT2D eigenvalue weighted by Gasteiger charge is 2.28. The third-order valence-corrected chi connectivity index (χ3v) is 2.81. The molecule has 3 unspecified atom stereocenters. The molecular weight excluding hydrogens is 180 g/mol. The summed E-state index contributed by atoms with van der Waals surface area (Å²) in [5.41, 5.74) is 5.89. The van der Waals surface area contributed by atoms with Gasteiger partial charge in [0.05, 0.1) is 12.7 Å². The Hall–Kier alpha value is -0.160. The second-order valence-electron chi connectivity index (χ2n) is 4.09. The topological polar surface area (TPSA) is 47.7 Å². The predicted molar refractivity (Wildman–Crippen MR) is 56.3 cm³/mol. The summed E-state index contributed by atoms with van der Waals surface area (Å²) in [6.45, 7) is 4.48. The standard InChI is InChI=1S/C10H22N2O2/c1-8-10(4-5-14-8)12(2)6-9(11)7-13-3/h8-10H,4-7,11H2,1-3H3. The fourth-order valence-electron chi connectivity index (χ4n) is 2.07. The molecule has 2 N–H and O–H groups in total. The Morgan fingerprint density at radius 2 is 2.36 bits per heavy atom. The van der Waals surface area contributed by atoms with Crippen molar-refractivity contribution in [3.8, 4) is 0 Å². The monoisotopic (exact) mass is 202 g/mol. The Balaban J connectivity index is 2.29. The number of methoxy groups -OCH3 is 1. The lowest BCUT2D eigenvalue weighted by Crippen LogP contribution is -2.45. The first kappa shape index (κ1) is 11.9. The van der Waals surface area contributed by atoms with Crippen molar-refractivity contribution in [1.82, 2.24) is 4.90 Å². The fourth-order valence-corrected chi connectivity index (χ4v) is 2.07. The molecule has 0 bridgehead atoms. The summed E-state index contributed by atoms with van der Waals surface area (Å²) in [6, 6.07) is 0.607. The van der Waals surface area contributed by atoms with E-state index in [2.05, 4.69) is 18.9 Å². The summed E-state index contributed by atoms with van der Waals surface area (Å²) in [7, 11) is 3.78. The molecule has 0 aliphatic carbocycles. The van der Waals surface area contributed by atoms with Crippen molar-refractivity contribution < 1.29 is 9.47 Å². The smallest absolute Gasteiger partial charge is 0.0702 e. The molecule has 1 aliphatic rings. The van der Waals surface area contributed by atoms with E-state index in [0.717, 1.165) is 19.6 Å². The highest BCUT2D eigenvalue weighted by molar-refractivity contribution is 4.82. The molecular formula is C10H22N2O2. The van der Waals surface area contributed by atoms with Crippen LogP contribution in [-0.4, -0.2) is 57.0 Å². The molecule has 3 atom stereocenters. The molecule has 0 radical (unpaired) electrons. The third-order valence-electron chi connectivity index (χ3n) is 2.81. The zero-order valence-electron chi connectivity index (χ0n) is 9.40. The molecule has 0 spiro atoms. The van der Waals surface area contributed by atoms with Crippen LogP contribution in [0.3, 0.4) is 0 Å². The van der Waals surface area contributed by atoms with E-state index >= 15 is 0 Å². The van der Waals surface area contributed by atoms with Crippen molar-refractivity contribution in [3.05, 3.63) is 0 Å². The van der Waals surface area contributed by atoms with E-state index < -0.39 is 0 Å². The third kappa shape index (κ3) is 3.20. The Labute approximate surface area is 86.3 Å². The minimum atomic E-state index is 0.0952. The summed E-state index contributed by atoms with van der Waals surface area (Å²) in [6.07, 6.45) is 1.44. The number of nitrogens with zero attached hydrogens (tertiary/aromatic N) is 1. The first-order chi connectivity index (χ1) is 6.65. The van der Waals surface area contributed by atoms with Crippen LogP contribution in [0.2, 0.25) is 0 Å². The number of likely N-dealkylation sites (N-methyl/N-ethyl adjacent to an activating group) is 1. The van der Waals surface area contributed by atoms with Gasteiger partial charge in [0.15, 0.2) is 0 Å². The molecule has 0 aromatic heterocycles. The van der Waals surface area contributed by atoms with Crippen molar-refractivity contribution in [2.45, 2.75) is 31.5 Å². The van der Waals surface area contributed by atoms with Gasteiger partial charge in [-0.05, 0) is 20.4 Å². The van der Waals surface area contributed by atoms with Crippen LogP contribution in [0.4, 0.5) is 0 Å². The van der Waals surface area contributed by atoms with Gasteiger partial charge in [0, 0.05) is 32.3 Å². The van der Waals surface area contributed by atoms with E-state index in [0.29, 0.717) is 18.8 Å². The van der Waals surface area contributed by atoms with E-state index in [9.17, 15) is 0 Å². The Bertz CT molecular complexity index is 166. The van der Waals surface area contributed by atoms with Gasteiger partial charge in [-0.3, -0.25) is 4.90 Å². The lowest BCUT2D eigenvalue weighted by Gasteiger charge is -2.28. The Morgan fingerprint density at radius 3 is 2.86 bits per heavy atom. The summed E-state index contributed by atoms with van der Waals surface area (Å²) in [5, 5.41) is 0. The Kier molecular flexibility index (Phi) is 4.81. The van der Waals surface area contributed by atoms with Crippen LogP contribution >= 0.6 is 0 Å². The van der Waals surface area contributed by atoms with Crippen LogP contribution in [-0.2, 0) is 9.47 Å². The zero-order valence-corrected chi connectivity index (χ0v) is 9.40. The van der Waals surface area contributed by atoms with Crippen molar-refractivity contribution in [3.63, 3.8) is 0 Å². The normalized spacial score (nSPS) is 29.8. The van der Waals surface area contributed by atoms with Crippen molar-refractivity contribution in [1.29, 1.82) is 0 Å². The maximum atomic E-state index is 5.89. The van der Waals surface area contributed by atoms with Gasteiger partial charge in [0.1, 0.15) is 0 Å². The maximum Gasteiger partial charge on any atom is 0.0702 e. The minimum absolute atomic E-state index is 0.0952. The molecule has 1 saturated heterocycles. The predicted octanol–water partition coefficient (Wildman–Crippen LogP) is 0.0693. The van der Waals surface area contributed by atoms with Gasteiger partial charge in [0.2, 0.25) is 0 Å². The number of nitrogens with two attached hydrogens (primary N) is 1. The first-order valence-electron chi connectivity index (χ1n) is 5.21. The molecule has 14 heavy (non-hydrogen) atoms. The quantitative estimate of drug-likeness (QED) is 0.685. The van der Waals surface area contributed by atoms with Gasteiger partial charge in [0.25, 0.3) is 0 Å². The minimum Gasteiger partial charge on any atom is -0.383 e. The molecule has 84 valence electrons. The maximum absolute atomic E-state index is 5.89. The summed E-state index contributed by atoms with van der Waals surface area (Å²) in [5.74, 6) is 0. The lowest BCUT2D eigenvalue weighted by molar-refractivity contribution is 0.0762. The van der Waals surface area contributed by atoms with Crippen LogP contribution in [0.25, 0.3) is 0 Å². The van der Waals surface area contributed by atoms with Crippen LogP contribution < -0.4 is 5.73 Å². The zero-order chi connectivity index (χ0) is 10.6. The van der Waals surface area contributed by atoms with E-state index in [1.165, 1.54) is 0 Å². The average molecular weight is 202 g/mol. The molecule has 4 heteroatoms. The van der Waals surface area contributed by atoms with Gasteiger partial charge in [-0.1, -0.05) is 0 Å². The second kappa shape index (κ2) is 5.66. The summed E-state index contributed by atoms with van der Waals surface area (Å²) >= 11 is 0. The highest BCUT2D eigenvalue weighted by atomic mass is 16.5. The van der Waals surface area contributed by atoms with Crippen molar-refractivity contribution in [2.24, 2.45) is 5.73 Å². The molecule has 1 aliphatic heterocycles. The second-order valence-corrected chi connectivity index (χ2v) is 4.09. The van der Waals surface area contributed by atoms with Crippen molar-refractivity contribution >= 4 is 0 Å². The molecule has 1 fully saturated rings. The number of rotatable bonds is 5. The largest absolute Gasteiger partial charge is 0.383 e. The van der Waals surface area contributed by atoms with E-state index in [-0.39, 0.29) is 6.04 Å². The number of hydrogen-bond donors (Lipinski definition) is 1. The van der Waals surface area contributed by atoms with Crippen LogP contribution in [0, 0.1) is 0 Å². The SMILES string of the molecule is COCC(N)CN(C)C1CCOC1C. The first-order valence-corrected chi connectivity index (χ1v) is 5.21. The lowest BCUT2D eigenvalue weighted by atomic mass is 10.1. The fraction of sp³-hybridized carbons (Fsp3) is 1.00. The van der Waals surface area contributed by atoms with Gasteiger partial charge >= 0.3 is 0 Å². The molecule has 0 amide bonds. The number of hydrogen-bond acceptors (Lipinski definition) is 4. The van der Waals surface area contributed by atoms with E-state index in [1.54, 1.807) is 7.11 Å². The van der Waals surface area contributed by atoms with Gasteiger partial charge < -0.3 is 15.2 Å². The van der Waals surface area contributed by atoms with Crippen LogP contribution in [0.5, 0.6) is 0 Å². The molecule has 4 nitrogen and oxygen atoms in total. The summed E-state index contributed by atoms with van der Waals surface area (Å²) < 4.78 is 10.5. The van der Waals surface area contributed by atoms with E-state index in [4.69, 9.17) is 15.2 Å². The molecule has 1 rings (SSSR count). The molecule has 0 saturated carbocycles. The average Bonchev–Trinajstić information content (AvgIpc) is 2.51. The molecule has 0 aromatic carbocycles. The molecule has 1 heterocycles. The molecule has 0 aromatic rings. The van der Waals surface area contributed by atoms with Crippen LogP contribution in [0.15, 0.2) is 0 Å². The Morgan fingerprint density at radius 1 is 1.64 bits per heavy atom. The van der Waals surface area contributed by atoms with Crippen molar-refractivity contribution in [2.75, 3.05) is 33.9 Å². The van der Waals surface area contributed by atoms with Gasteiger partial charge in [-0.25, -0.2) is 0 Å². The van der Waals surface area contributed by atoms with Crippen LogP contribution in [0.1, 0.15) is 13.3 Å². The number of ether oxygens (including phenoxy) is 2. The van der Waals surface area contributed by atoms with Gasteiger partial charge in [-0.15, -0.1) is 0 Å².